The first-order valence-corrected chi connectivity index (χ1v) is 7.30. The number of alkyl halides is 5. The SMILES string of the molecule is Cc1ccc(/C(=C\c2ccccc2)C(F)(F)C(F)(F)Br)cc1. The van der Waals surface area contributed by atoms with Crippen molar-refractivity contribution in [2.75, 3.05) is 0 Å². The minimum atomic E-state index is -4.35. The zero-order chi connectivity index (χ0) is 16.4. The van der Waals surface area contributed by atoms with Crippen molar-refractivity contribution < 1.29 is 17.6 Å². The summed E-state index contributed by atoms with van der Waals surface area (Å²) in [5.41, 5.74) is 0.602. The quantitative estimate of drug-likeness (QED) is 0.342. The van der Waals surface area contributed by atoms with E-state index in [-0.39, 0.29) is 5.56 Å². The van der Waals surface area contributed by atoms with E-state index in [0.29, 0.717) is 5.56 Å². The fourth-order valence-corrected chi connectivity index (χ4v) is 2.17. The number of hydrogen-bond acceptors (Lipinski definition) is 0. The van der Waals surface area contributed by atoms with Gasteiger partial charge in [-0.25, -0.2) is 0 Å². The number of halogens is 5. The predicted molar refractivity (Wildman–Crippen MR) is 84.3 cm³/mol. The first kappa shape index (κ1) is 16.7. The summed E-state index contributed by atoms with van der Waals surface area (Å²) in [6, 6.07) is 14.2. The third-order valence-electron chi connectivity index (χ3n) is 3.17. The number of allylic oxidation sites excluding steroid dienone is 1. The van der Waals surface area contributed by atoms with E-state index in [1.807, 2.05) is 0 Å². The molecule has 0 aliphatic carbocycles. The van der Waals surface area contributed by atoms with E-state index in [9.17, 15) is 17.6 Å². The smallest absolute Gasteiger partial charge is 0.193 e. The molecule has 0 aromatic heterocycles. The van der Waals surface area contributed by atoms with Crippen molar-refractivity contribution in [3.8, 4) is 0 Å². The summed E-state index contributed by atoms with van der Waals surface area (Å²) < 4.78 is 55.1. The van der Waals surface area contributed by atoms with E-state index in [0.717, 1.165) is 11.6 Å². The molecule has 0 spiro atoms. The topological polar surface area (TPSA) is 0 Å². The molecule has 0 nitrogen and oxygen atoms in total. The minimum absolute atomic E-state index is 0.0542. The van der Waals surface area contributed by atoms with Gasteiger partial charge in [0.1, 0.15) is 0 Å². The summed E-state index contributed by atoms with van der Waals surface area (Å²) in [6.45, 7) is 1.79. The third kappa shape index (κ3) is 3.58. The van der Waals surface area contributed by atoms with Crippen LogP contribution in [-0.2, 0) is 0 Å². The molecule has 0 amide bonds. The maximum atomic E-state index is 14.2. The van der Waals surface area contributed by atoms with Gasteiger partial charge in [0.2, 0.25) is 0 Å². The molecule has 0 N–H and O–H groups in total. The fraction of sp³-hybridized carbons (Fsp3) is 0.176. The summed E-state index contributed by atoms with van der Waals surface area (Å²) >= 11 is 1.80. The van der Waals surface area contributed by atoms with Crippen LogP contribution < -0.4 is 0 Å². The van der Waals surface area contributed by atoms with Crippen molar-refractivity contribution in [2.45, 2.75) is 17.7 Å². The van der Waals surface area contributed by atoms with Gasteiger partial charge in [-0.05, 0) is 40.1 Å². The summed E-state index contributed by atoms with van der Waals surface area (Å²) in [6.07, 6.45) is 1.08. The van der Waals surface area contributed by atoms with Crippen molar-refractivity contribution in [3.63, 3.8) is 0 Å². The van der Waals surface area contributed by atoms with Crippen LogP contribution in [0, 0.1) is 6.92 Å². The van der Waals surface area contributed by atoms with E-state index < -0.39 is 16.3 Å². The molecular formula is C17H13BrF4. The Balaban J connectivity index is 2.60. The summed E-state index contributed by atoms with van der Waals surface area (Å²) in [5.74, 6) is -4.35. The molecule has 0 saturated heterocycles. The molecule has 0 atom stereocenters. The van der Waals surface area contributed by atoms with Gasteiger partial charge in [0.25, 0.3) is 0 Å². The van der Waals surface area contributed by atoms with E-state index in [1.54, 1.807) is 65.3 Å². The molecule has 0 fully saturated rings. The maximum absolute atomic E-state index is 14.2. The van der Waals surface area contributed by atoms with Gasteiger partial charge in [-0.1, -0.05) is 60.2 Å². The second-order valence-electron chi connectivity index (χ2n) is 4.91. The van der Waals surface area contributed by atoms with Gasteiger partial charge in [-0.15, -0.1) is 0 Å². The Morgan fingerprint density at radius 2 is 1.45 bits per heavy atom. The van der Waals surface area contributed by atoms with Crippen LogP contribution in [-0.4, -0.2) is 10.8 Å². The van der Waals surface area contributed by atoms with Crippen LogP contribution in [0.25, 0.3) is 11.6 Å². The molecule has 0 bridgehead atoms. The molecule has 0 unspecified atom stereocenters. The maximum Gasteiger partial charge on any atom is 0.367 e. The lowest BCUT2D eigenvalue weighted by molar-refractivity contribution is -0.103. The standard InChI is InChI=1S/C17H13BrF4/c1-12-7-9-14(10-8-12)15(16(19,20)17(18,21)22)11-13-5-3-2-4-6-13/h2-11H,1H3/b15-11+. The Bertz CT molecular complexity index is 655. The minimum Gasteiger partial charge on any atom is -0.193 e. The number of rotatable bonds is 4. The highest BCUT2D eigenvalue weighted by molar-refractivity contribution is 9.10. The molecule has 2 aromatic carbocycles. The molecule has 0 aliphatic rings. The number of hydrogen-bond donors (Lipinski definition) is 0. The first-order chi connectivity index (χ1) is 10.2. The lowest BCUT2D eigenvalue weighted by Gasteiger charge is -2.25. The average molecular weight is 373 g/mol. The fourth-order valence-electron chi connectivity index (χ4n) is 1.96. The Morgan fingerprint density at radius 1 is 0.909 bits per heavy atom. The summed E-state index contributed by atoms with van der Waals surface area (Å²) in [5, 5.41) is 0. The molecular weight excluding hydrogens is 360 g/mol. The van der Waals surface area contributed by atoms with Crippen molar-refractivity contribution in [1.29, 1.82) is 0 Å². The van der Waals surface area contributed by atoms with Gasteiger partial charge < -0.3 is 0 Å². The molecule has 5 heteroatoms. The Hall–Kier alpha value is -1.62. The van der Waals surface area contributed by atoms with Crippen LogP contribution in [0.1, 0.15) is 16.7 Å². The highest BCUT2D eigenvalue weighted by Gasteiger charge is 2.57. The number of aryl methyl sites for hydroxylation is 1. The molecule has 22 heavy (non-hydrogen) atoms. The number of benzene rings is 2. The van der Waals surface area contributed by atoms with Crippen LogP contribution in [0.15, 0.2) is 54.6 Å². The largest absolute Gasteiger partial charge is 0.367 e. The van der Waals surface area contributed by atoms with Gasteiger partial charge in [0, 0.05) is 5.57 Å². The normalized spacial score (nSPS) is 13.3. The van der Waals surface area contributed by atoms with Crippen molar-refractivity contribution in [1.82, 2.24) is 0 Å². The van der Waals surface area contributed by atoms with E-state index in [2.05, 4.69) is 0 Å². The Kier molecular flexibility index (Phi) is 4.75. The molecule has 2 aromatic rings. The van der Waals surface area contributed by atoms with Gasteiger partial charge >= 0.3 is 10.8 Å². The van der Waals surface area contributed by atoms with Crippen LogP contribution >= 0.6 is 15.9 Å². The Labute approximate surface area is 134 Å². The summed E-state index contributed by atoms with van der Waals surface area (Å²) in [4.78, 5) is -4.34. The second kappa shape index (κ2) is 6.24. The van der Waals surface area contributed by atoms with Crippen LogP contribution in [0.4, 0.5) is 17.6 Å². The van der Waals surface area contributed by atoms with Crippen LogP contribution in [0.2, 0.25) is 0 Å². The van der Waals surface area contributed by atoms with Gasteiger partial charge in [0.15, 0.2) is 0 Å². The van der Waals surface area contributed by atoms with Crippen molar-refractivity contribution in [2.24, 2.45) is 0 Å². The summed E-state index contributed by atoms with van der Waals surface area (Å²) in [7, 11) is 0. The zero-order valence-electron chi connectivity index (χ0n) is 11.7. The van der Waals surface area contributed by atoms with Crippen LogP contribution in [0.3, 0.4) is 0 Å². The monoisotopic (exact) mass is 372 g/mol. The predicted octanol–water partition coefficient (Wildman–Crippen LogP) is 6.16. The average Bonchev–Trinajstić information content (AvgIpc) is 2.46. The van der Waals surface area contributed by atoms with Crippen molar-refractivity contribution >= 4 is 27.6 Å². The molecule has 116 valence electrons. The second-order valence-corrected chi connectivity index (χ2v) is 5.90. The third-order valence-corrected chi connectivity index (χ3v) is 3.67. The zero-order valence-corrected chi connectivity index (χ0v) is 13.2. The van der Waals surface area contributed by atoms with E-state index in [4.69, 9.17) is 0 Å². The van der Waals surface area contributed by atoms with Crippen LogP contribution in [0.5, 0.6) is 0 Å². The van der Waals surface area contributed by atoms with E-state index >= 15 is 0 Å². The first-order valence-electron chi connectivity index (χ1n) is 6.50. The van der Waals surface area contributed by atoms with Gasteiger partial charge in [0.05, 0.1) is 0 Å². The van der Waals surface area contributed by atoms with E-state index in [1.165, 1.54) is 12.1 Å². The highest BCUT2D eigenvalue weighted by Crippen LogP contribution is 2.48. The lowest BCUT2D eigenvalue weighted by atomic mass is 9.96. The molecule has 0 aliphatic heterocycles. The van der Waals surface area contributed by atoms with Crippen molar-refractivity contribution in [3.05, 3.63) is 71.3 Å². The Morgan fingerprint density at radius 3 is 1.95 bits per heavy atom. The van der Waals surface area contributed by atoms with Gasteiger partial charge in [-0.3, -0.25) is 0 Å². The molecule has 2 rings (SSSR count). The van der Waals surface area contributed by atoms with Gasteiger partial charge in [-0.2, -0.15) is 17.6 Å². The lowest BCUT2D eigenvalue weighted by Crippen LogP contribution is -2.36. The highest BCUT2D eigenvalue weighted by atomic mass is 79.9. The molecule has 0 radical (unpaired) electrons. The molecule has 0 heterocycles. The molecule has 0 saturated carbocycles.